The third-order valence-corrected chi connectivity index (χ3v) is 4.01. The summed E-state index contributed by atoms with van der Waals surface area (Å²) in [6, 6.07) is 7.73. The summed E-state index contributed by atoms with van der Waals surface area (Å²) in [6.45, 7) is 7.12. The van der Waals surface area contributed by atoms with Crippen LogP contribution in [0.3, 0.4) is 0 Å². The summed E-state index contributed by atoms with van der Waals surface area (Å²) in [7, 11) is 1.76. The lowest BCUT2D eigenvalue weighted by atomic mass is 10.1. The minimum Gasteiger partial charge on any atom is -0.356 e. The van der Waals surface area contributed by atoms with Crippen molar-refractivity contribution in [2.75, 3.05) is 13.6 Å². The number of aromatic nitrogens is 2. The number of nitrogens with one attached hydrogen (secondary N) is 2. The molecule has 6 nitrogen and oxygen atoms in total. The van der Waals surface area contributed by atoms with E-state index in [1.54, 1.807) is 7.05 Å². The lowest BCUT2D eigenvalue weighted by Gasteiger charge is -2.20. The number of nitrogens with zero attached hydrogens (tertiary/aromatic N) is 3. The van der Waals surface area contributed by atoms with Gasteiger partial charge in [0, 0.05) is 36.6 Å². The number of halogens is 2. The minimum atomic E-state index is 0. The number of benzene rings is 1. The van der Waals surface area contributed by atoms with E-state index < -0.39 is 0 Å². The standard InChI is InChI=1S/C17H24ClN5O.HI/c1-11(2)12(3)21-17(19-4)20-9-8-15-22-16(23-24-15)13-6-5-7-14(18)10-13;/h5-7,10-12H,8-9H2,1-4H3,(H2,19,20,21);1H. The summed E-state index contributed by atoms with van der Waals surface area (Å²) in [5.74, 6) is 2.42. The zero-order valence-corrected chi connectivity index (χ0v) is 18.0. The molecule has 0 aliphatic rings. The zero-order valence-electron chi connectivity index (χ0n) is 14.9. The first kappa shape index (κ1) is 21.7. The van der Waals surface area contributed by atoms with Crippen LogP contribution in [0.1, 0.15) is 26.7 Å². The largest absolute Gasteiger partial charge is 0.356 e. The molecular formula is C17H25ClIN5O. The van der Waals surface area contributed by atoms with Gasteiger partial charge in [-0.25, -0.2) is 0 Å². The maximum atomic E-state index is 5.98. The molecule has 0 saturated carbocycles. The van der Waals surface area contributed by atoms with E-state index >= 15 is 0 Å². The molecule has 138 valence electrons. The molecule has 0 radical (unpaired) electrons. The Balaban J connectivity index is 0.00000312. The third kappa shape index (κ3) is 6.81. The van der Waals surface area contributed by atoms with Gasteiger partial charge in [0.05, 0.1) is 0 Å². The highest BCUT2D eigenvalue weighted by molar-refractivity contribution is 14.0. The molecule has 25 heavy (non-hydrogen) atoms. The predicted molar refractivity (Wildman–Crippen MR) is 113 cm³/mol. The summed E-state index contributed by atoms with van der Waals surface area (Å²) in [4.78, 5) is 8.61. The Labute approximate surface area is 170 Å². The van der Waals surface area contributed by atoms with Gasteiger partial charge in [-0.3, -0.25) is 4.99 Å². The van der Waals surface area contributed by atoms with E-state index in [0.29, 0.717) is 41.7 Å². The van der Waals surface area contributed by atoms with Gasteiger partial charge in [0.2, 0.25) is 11.7 Å². The van der Waals surface area contributed by atoms with Gasteiger partial charge in [0.15, 0.2) is 5.96 Å². The number of guanidine groups is 1. The molecule has 0 fully saturated rings. The van der Waals surface area contributed by atoms with Crippen molar-refractivity contribution in [3.05, 3.63) is 35.2 Å². The number of hydrogen-bond acceptors (Lipinski definition) is 4. The number of rotatable bonds is 6. The molecule has 0 saturated heterocycles. The summed E-state index contributed by atoms with van der Waals surface area (Å²) in [5, 5.41) is 11.2. The highest BCUT2D eigenvalue weighted by atomic mass is 127. The predicted octanol–water partition coefficient (Wildman–Crippen LogP) is 3.76. The molecule has 2 N–H and O–H groups in total. The van der Waals surface area contributed by atoms with Crippen LogP contribution >= 0.6 is 35.6 Å². The second kappa shape index (κ2) is 10.6. The van der Waals surface area contributed by atoms with Crippen LogP contribution in [0.15, 0.2) is 33.8 Å². The van der Waals surface area contributed by atoms with E-state index in [-0.39, 0.29) is 24.0 Å². The van der Waals surface area contributed by atoms with Gasteiger partial charge in [-0.15, -0.1) is 24.0 Å². The van der Waals surface area contributed by atoms with Crippen molar-refractivity contribution in [3.8, 4) is 11.4 Å². The summed E-state index contributed by atoms with van der Waals surface area (Å²) < 4.78 is 5.29. The van der Waals surface area contributed by atoms with Crippen LogP contribution in [0.2, 0.25) is 5.02 Å². The van der Waals surface area contributed by atoms with Gasteiger partial charge < -0.3 is 15.2 Å². The minimum absolute atomic E-state index is 0. The maximum absolute atomic E-state index is 5.98. The Bertz CT molecular complexity index is 689. The molecule has 1 heterocycles. The fraction of sp³-hybridized carbons (Fsp3) is 0.471. The Kier molecular flexibility index (Phi) is 9.20. The molecule has 8 heteroatoms. The quantitative estimate of drug-likeness (QED) is 0.376. The van der Waals surface area contributed by atoms with E-state index in [9.17, 15) is 0 Å². The molecule has 2 aromatic rings. The first-order valence-corrected chi connectivity index (χ1v) is 8.43. The fourth-order valence-corrected chi connectivity index (χ4v) is 2.16. The third-order valence-electron chi connectivity index (χ3n) is 3.77. The Morgan fingerprint density at radius 1 is 1.32 bits per heavy atom. The Morgan fingerprint density at radius 3 is 2.72 bits per heavy atom. The number of aliphatic imine (C=N–C) groups is 1. The second-order valence-corrected chi connectivity index (χ2v) is 6.38. The first-order chi connectivity index (χ1) is 11.5. The molecule has 1 aromatic carbocycles. The van der Waals surface area contributed by atoms with Crippen molar-refractivity contribution >= 4 is 41.5 Å². The van der Waals surface area contributed by atoms with Crippen molar-refractivity contribution < 1.29 is 4.52 Å². The smallest absolute Gasteiger partial charge is 0.228 e. The molecule has 1 atom stereocenters. The SMILES string of the molecule is CN=C(NCCc1nc(-c2cccc(Cl)c2)no1)NC(C)C(C)C.I. The van der Waals surface area contributed by atoms with E-state index in [4.69, 9.17) is 16.1 Å². The van der Waals surface area contributed by atoms with Gasteiger partial charge in [-0.2, -0.15) is 4.98 Å². The van der Waals surface area contributed by atoms with Crippen molar-refractivity contribution in [1.29, 1.82) is 0 Å². The summed E-state index contributed by atoms with van der Waals surface area (Å²) >= 11 is 5.98. The first-order valence-electron chi connectivity index (χ1n) is 8.05. The van der Waals surface area contributed by atoms with Crippen molar-refractivity contribution in [2.24, 2.45) is 10.9 Å². The molecule has 0 bridgehead atoms. The molecule has 2 rings (SSSR count). The highest BCUT2D eigenvalue weighted by Gasteiger charge is 2.11. The van der Waals surface area contributed by atoms with Crippen LogP contribution < -0.4 is 10.6 Å². The van der Waals surface area contributed by atoms with Crippen LogP contribution in [0, 0.1) is 5.92 Å². The molecule has 1 aromatic heterocycles. The lowest BCUT2D eigenvalue weighted by Crippen LogP contribution is -2.44. The van der Waals surface area contributed by atoms with E-state index in [0.717, 1.165) is 11.5 Å². The Morgan fingerprint density at radius 2 is 2.08 bits per heavy atom. The van der Waals surface area contributed by atoms with E-state index in [1.807, 2.05) is 24.3 Å². The highest BCUT2D eigenvalue weighted by Crippen LogP contribution is 2.19. The Hall–Kier alpha value is -1.35. The topological polar surface area (TPSA) is 75.3 Å². The zero-order chi connectivity index (χ0) is 17.5. The van der Waals surface area contributed by atoms with E-state index in [2.05, 4.69) is 46.5 Å². The van der Waals surface area contributed by atoms with Gasteiger partial charge in [0.1, 0.15) is 0 Å². The normalized spacial score (nSPS) is 12.6. The van der Waals surface area contributed by atoms with Crippen molar-refractivity contribution in [3.63, 3.8) is 0 Å². The van der Waals surface area contributed by atoms with Gasteiger partial charge in [0.25, 0.3) is 0 Å². The summed E-state index contributed by atoms with van der Waals surface area (Å²) in [5.41, 5.74) is 0.841. The second-order valence-electron chi connectivity index (χ2n) is 5.95. The lowest BCUT2D eigenvalue weighted by molar-refractivity contribution is 0.378. The molecule has 0 aliphatic heterocycles. The molecule has 0 spiro atoms. The molecule has 0 aliphatic carbocycles. The average molecular weight is 478 g/mol. The fourth-order valence-electron chi connectivity index (χ4n) is 1.97. The van der Waals surface area contributed by atoms with Crippen LogP contribution in [-0.2, 0) is 6.42 Å². The van der Waals surface area contributed by atoms with Crippen LogP contribution in [0.25, 0.3) is 11.4 Å². The average Bonchev–Trinajstić information content (AvgIpc) is 3.02. The van der Waals surface area contributed by atoms with Crippen LogP contribution in [0.4, 0.5) is 0 Å². The summed E-state index contributed by atoms with van der Waals surface area (Å²) in [6.07, 6.45) is 0.615. The molecule has 0 amide bonds. The molecule has 1 unspecified atom stereocenters. The van der Waals surface area contributed by atoms with Crippen molar-refractivity contribution in [1.82, 2.24) is 20.8 Å². The maximum Gasteiger partial charge on any atom is 0.228 e. The van der Waals surface area contributed by atoms with Gasteiger partial charge >= 0.3 is 0 Å². The molecular weight excluding hydrogens is 453 g/mol. The van der Waals surface area contributed by atoms with E-state index in [1.165, 1.54) is 0 Å². The van der Waals surface area contributed by atoms with Crippen LogP contribution in [0.5, 0.6) is 0 Å². The number of hydrogen-bond donors (Lipinski definition) is 2. The van der Waals surface area contributed by atoms with Gasteiger partial charge in [-0.05, 0) is 25.0 Å². The van der Waals surface area contributed by atoms with Crippen molar-refractivity contribution in [2.45, 2.75) is 33.2 Å². The van der Waals surface area contributed by atoms with Gasteiger partial charge in [-0.1, -0.05) is 42.7 Å². The van der Waals surface area contributed by atoms with Crippen LogP contribution in [-0.4, -0.2) is 35.7 Å². The monoisotopic (exact) mass is 477 g/mol.